The van der Waals surface area contributed by atoms with Gasteiger partial charge in [0.1, 0.15) is 5.75 Å². The van der Waals surface area contributed by atoms with Crippen LogP contribution in [0.2, 0.25) is 0 Å². The number of piperidine rings is 1. The van der Waals surface area contributed by atoms with Crippen LogP contribution in [0.3, 0.4) is 0 Å². The van der Waals surface area contributed by atoms with E-state index in [-0.39, 0.29) is 11.8 Å². The molecule has 1 aliphatic heterocycles. The number of hydrogen-bond donors (Lipinski definition) is 2. The molecular weight excluding hydrogens is 496 g/mol. The Labute approximate surface area is 237 Å². The lowest BCUT2D eigenvalue weighted by atomic mass is 9.96. The molecule has 2 heterocycles. The minimum atomic E-state index is 0.134. The van der Waals surface area contributed by atoms with Gasteiger partial charge in [-0.1, -0.05) is 55.0 Å². The van der Waals surface area contributed by atoms with Crippen LogP contribution in [0.5, 0.6) is 5.75 Å². The number of amides is 1. The Morgan fingerprint density at radius 2 is 1.65 bits per heavy atom. The van der Waals surface area contributed by atoms with Gasteiger partial charge in [0.15, 0.2) is 0 Å². The molecule has 1 aliphatic carbocycles. The third-order valence-corrected chi connectivity index (χ3v) is 7.96. The number of ether oxygens (including phenoxy) is 1. The van der Waals surface area contributed by atoms with E-state index in [1.807, 2.05) is 36.4 Å². The van der Waals surface area contributed by atoms with Gasteiger partial charge in [0, 0.05) is 35.6 Å². The van der Waals surface area contributed by atoms with Crippen LogP contribution < -0.4 is 10.1 Å². The van der Waals surface area contributed by atoms with E-state index < -0.39 is 0 Å². The summed E-state index contributed by atoms with van der Waals surface area (Å²) >= 11 is 0. The van der Waals surface area contributed by atoms with Crippen molar-refractivity contribution in [3.63, 3.8) is 0 Å². The molecule has 3 aromatic carbocycles. The first kappa shape index (κ1) is 27.7. The first-order chi connectivity index (χ1) is 19.5. The third kappa shape index (κ3) is 7.19. The Kier molecular flexibility index (Phi) is 8.97. The predicted molar refractivity (Wildman–Crippen MR) is 164 cm³/mol. The Morgan fingerprint density at radius 1 is 0.950 bits per heavy atom. The van der Waals surface area contributed by atoms with E-state index >= 15 is 0 Å². The average Bonchev–Trinajstić information content (AvgIpc) is 3.76. The van der Waals surface area contributed by atoms with Crippen molar-refractivity contribution in [1.82, 2.24) is 15.1 Å². The quantitative estimate of drug-likeness (QED) is 0.256. The van der Waals surface area contributed by atoms with Crippen molar-refractivity contribution in [1.29, 1.82) is 0 Å². The fourth-order valence-corrected chi connectivity index (χ4v) is 5.28. The number of fused-ring (bicyclic) bond motifs is 1. The molecule has 4 aromatic rings. The summed E-state index contributed by atoms with van der Waals surface area (Å²) in [5.41, 5.74) is 5.50. The van der Waals surface area contributed by atoms with Crippen molar-refractivity contribution >= 4 is 34.6 Å². The van der Waals surface area contributed by atoms with Crippen LogP contribution in [0.4, 0.5) is 5.69 Å². The lowest BCUT2D eigenvalue weighted by molar-refractivity contribution is -0.117. The summed E-state index contributed by atoms with van der Waals surface area (Å²) in [6.45, 7) is 5.78. The second-order valence-electron chi connectivity index (χ2n) is 11.0. The summed E-state index contributed by atoms with van der Waals surface area (Å²) in [6.07, 6.45) is 10.3. The van der Waals surface area contributed by atoms with E-state index in [0.29, 0.717) is 12.1 Å². The highest BCUT2D eigenvalue weighted by molar-refractivity contribution is 5.94. The molecule has 6 heteroatoms. The van der Waals surface area contributed by atoms with Gasteiger partial charge in [-0.25, -0.2) is 0 Å². The van der Waals surface area contributed by atoms with E-state index in [1.165, 1.54) is 30.4 Å². The molecule has 2 N–H and O–H groups in total. The Balaban J connectivity index is 0.000000194. The molecule has 6 rings (SSSR count). The Bertz CT molecular complexity index is 1410. The molecule has 40 heavy (non-hydrogen) atoms. The maximum Gasteiger partial charge on any atom is 0.227 e. The first-order valence-corrected chi connectivity index (χ1v) is 14.4. The van der Waals surface area contributed by atoms with Crippen LogP contribution in [-0.4, -0.2) is 40.2 Å². The van der Waals surface area contributed by atoms with E-state index in [9.17, 15) is 4.79 Å². The minimum absolute atomic E-state index is 0.134. The van der Waals surface area contributed by atoms with Crippen molar-refractivity contribution in [2.45, 2.75) is 64.6 Å². The second-order valence-corrected chi connectivity index (χ2v) is 11.0. The maximum absolute atomic E-state index is 11.4. The molecule has 2 unspecified atom stereocenters. The number of aromatic amines is 1. The monoisotopic (exact) mass is 536 g/mol. The zero-order valence-corrected chi connectivity index (χ0v) is 23.8. The molecule has 2 atom stereocenters. The smallest absolute Gasteiger partial charge is 0.227 e. The van der Waals surface area contributed by atoms with Gasteiger partial charge in [-0.2, -0.15) is 5.10 Å². The van der Waals surface area contributed by atoms with Crippen LogP contribution in [0, 0.1) is 5.92 Å². The third-order valence-electron chi connectivity index (χ3n) is 7.96. The normalized spacial score (nSPS) is 19.3. The molecule has 0 radical (unpaired) electrons. The zero-order valence-electron chi connectivity index (χ0n) is 23.8. The number of nitrogens with one attached hydrogen (secondary N) is 2. The highest BCUT2D eigenvalue weighted by atomic mass is 16.5. The standard InChI is InChI=1S/C23H27N3.C11H13NO2/c1-17-6-5-7-18(2)26(17)16-20-12-10-19(11-13-20)14-15-23-21-8-3-4-9-22(21)24-25-23;1-14-10-6-4-9(5-7-10)12-11(13)8-2-3-8/h3-4,8-15,17-18H,5-7,16H2,1-2H3,(H,24,25);4-8H,2-3H2,1H3,(H,12,13)/b15-14+;. The molecule has 6 nitrogen and oxygen atoms in total. The number of hydrogen-bond acceptors (Lipinski definition) is 4. The minimum Gasteiger partial charge on any atom is -0.497 e. The molecule has 1 saturated heterocycles. The Morgan fingerprint density at radius 3 is 2.33 bits per heavy atom. The molecule has 2 aliphatic rings. The number of carbonyl (C=O) groups is 1. The van der Waals surface area contributed by atoms with Crippen molar-refractivity contribution in [3.05, 3.63) is 89.6 Å². The molecule has 1 saturated carbocycles. The fraction of sp³-hybridized carbons (Fsp3) is 0.353. The van der Waals surface area contributed by atoms with Crippen LogP contribution in [0.15, 0.2) is 72.8 Å². The summed E-state index contributed by atoms with van der Waals surface area (Å²) in [7, 11) is 1.62. The highest BCUT2D eigenvalue weighted by Crippen LogP contribution is 2.30. The van der Waals surface area contributed by atoms with Gasteiger partial charge in [0.05, 0.1) is 18.3 Å². The largest absolute Gasteiger partial charge is 0.497 e. The van der Waals surface area contributed by atoms with Crippen molar-refractivity contribution in [2.24, 2.45) is 5.92 Å². The van der Waals surface area contributed by atoms with E-state index in [4.69, 9.17) is 4.74 Å². The van der Waals surface area contributed by atoms with E-state index in [0.717, 1.165) is 47.4 Å². The predicted octanol–water partition coefficient (Wildman–Crippen LogP) is 7.54. The van der Waals surface area contributed by atoms with Crippen LogP contribution >= 0.6 is 0 Å². The summed E-state index contributed by atoms with van der Waals surface area (Å²) in [5, 5.41) is 11.5. The number of methoxy groups -OCH3 is 1. The van der Waals surface area contributed by atoms with E-state index in [2.05, 4.69) is 82.8 Å². The number of benzene rings is 3. The molecule has 0 spiro atoms. The molecular formula is C34H40N4O2. The molecule has 2 fully saturated rings. The lowest BCUT2D eigenvalue weighted by Gasteiger charge is -2.39. The number of aromatic nitrogens is 2. The summed E-state index contributed by atoms with van der Waals surface area (Å²) in [4.78, 5) is 14.0. The number of likely N-dealkylation sites (tertiary alicyclic amines) is 1. The number of carbonyl (C=O) groups excluding carboxylic acids is 1. The average molecular weight is 537 g/mol. The number of para-hydroxylation sites is 1. The molecule has 208 valence electrons. The number of rotatable bonds is 7. The van der Waals surface area contributed by atoms with Crippen molar-refractivity contribution in [2.75, 3.05) is 12.4 Å². The number of H-pyrrole nitrogens is 1. The topological polar surface area (TPSA) is 70.2 Å². The number of nitrogens with zero attached hydrogens (tertiary/aromatic N) is 2. The second kappa shape index (κ2) is 13.0. The van der Waals surface area contributed by atoms with Gasteiger partial charge < -0.3 is 10.1 Å². The van der Waals surface area contributed by atoms with E-state index in [1.54, 1.807) is 7.11 Å². The van der Waals surface area contributed by atoms with Gasteiger partial charge in [-0.05, 0) is 87.1 Å². The maximum atomic E-state index is 11.4. The van der Waals surface area contributed by atoms with Crippen LogP contribution in [-0.2, 0) is 11.3 Å². The van der Waals surface area contributed by atoms with Crippen LogP contribution in [0.1, 0.15) is 62.8 Å². The van der Waals surface area contributed by atoms with Gasteiger partial charge in [0.2, 0.25) is 5.91 Å². The molecule has 0 bridgehead atoms. The van der Waals surface area contributed by atoms with Crippen LogP contribution in [0.25, 0.3) is 23.1 Å². The fourth-order valence-electron chi connectivity index (χ4n) is 5.28. The molecule has 1 aromatic heterocycles. The van der Waals surface area contributed by atoms with Gasteiger partial charge in [0.25, 0.3) is 0 Å². The Hall–Kier alpha value is -3.90. The summed E-state index contributed by atoms with van der Waals surface area (Å²) in [6, 6.07) is 25.9. The van der Waals surface area contributed by atoms with Crippen molar-refractivity contribution < 1.29 is 9.53 Å². The van der Waals surface area contributed by atoms with Gasteiger partial charge >= 0.3 is 0 Å². The number of anilines is 1. The summed E-state index contributed by atoms with van der Waals surface area (Å²) < 4.78 is 5.02. The first-order valence-electron chi connectivity index (χ1n) is 14.4. The SMILES string of the molecule is CC1CCCC(C)N1Cc1ccc(/C=C/c2n[nH]c3ccccc23)cc1.COc1ccc(NC(=O)C2CC2)cc1. The molecule has 1 amide bonds. The van der Waals surface area contributed by atoms with Gasteiger partial charge in [-0.3, -0.25) is 14.8 Å². The van der Waals surface area contributed by atoms with Gasteiger partial charge in [-0.15, -0.1) is 0 Å². The zero-order chi connectivity index (χ0) is 27.9. The highest BCUT2D eigenvalue weighted by Gasteiger charge is 2.29. The van der Waals surface area contributed by atoms with Crippen molar-refractivity contribution in [3.8, 4) is 5.75 Å². The summed E-state index contributed by atoms with van der Waals surface area (Å²) in [5.74, 6) is 1.18. The lowest BCUT2D eigenvalue weighted by Crippen LogP contribution is -2.42.